The van der Waals surface area contributed by atoms with E-state index in [0.29, 0.717) is 0 Å². The summed E-state index contributed by atoms with van der Waals surface area (Å²) in [5.41, 5.74) is 0. The van der Waals surface area contributed by atoms with E-state index >= 15 is 0 Å². The lowest BCUT2D eigenvalue weighted by Gasteiger charge is -1.94. The molecule has 0 saturated heterocycles. The monoisotopic (exact) mass is 138 g/mol. The molecule has 0 aliphatic heterocycles. The minimum absolute atomic E-state index is 1.15. The van der Waals surface area contributed by atoms with E-state index in [-0.39, 0.29) is 0 Å². The number of rotatable bonds is 6. The van der Waals surface area contributed by atoms with Crippen LogP contribution in [0.2, 0.25) is 0 Å². The zero-order valence-corrected chi connectivity index (χ0v) is 6.97. The fourth-order valence-electron chi connectivity index (χ4n) is 0.962. The molecule has 2 radical (unpaired) electrons. The SMILES string of the molecule is [CH]C=CCCCCCCC. The minimum Gasteiger partial charge on any atom is -0.0882 e. The van der Waals surface area contributed by atoms with Crippen LogP contribution in [0.25, 0.3) is 0 Å². The number of unbranched alkanes of at least 4 members (excludes halogenated alkanes) is 5. The first-order chi connectivity index (χ1) is 4.91. The molecular formula is C10H18. The summed E-state index contributed by atoms with van der Waals surface area (Å²) in [6.07, 6.45) is 11.6. The molecule has 0 amide bonds. The molecule has 0 heterocycles. The van der Waals surface area contributed by atoms with Crippen molar-refractivity contribution in [2.45, 2.75) is 45.4 Å². The highest BCUT2D eigenvalue weighted by molar-refractivity contribution is 4.83. The molecule has 58 valence electrons. The molecular weight excluding hydrogens is 120 g/mol. The highest BCUT2D eigenvalue weighted by Gasteiger charge is 1.84. The average molecular weight is 138 g/mol. The molecule has 0 bridgehead atoms. The average Bonchev–Trinajstić information content (AvgIpc) is 1.97. The summed E-state index contributed by atoms with van der Waals surface area (Å²) in [4.78, 5) is 0. The lowest BCUT2D eigenvalue weighted by Crippen LogP contribution is -1.75. The molecule has 0 fully saturated rings. The Bertz CT molecular complexity index is 72.1. The van der Waals surface area contributed by atoms with Crippen LogP contribution in [0.1, 0.15) is 45.4 Å². The van der Waals surface area contributed by atoms with Crippen LogP contribution < -0.4 is 0 Å². The summed E-state index contributed by atoms with van der Waals surface area (Å²) in [6.45, 7) is 7.42. The third-order valence-electron chi connectivity index (χ3n) is 1.61. The van der Waals surface area contributed by atoms with Gasteiger partial charge < -0.3 is 0 Å². The molecule has 0 atom stereocenters. The van der Waals surface area contributed by atoms with Gasteiger partial charge in [-0.25, -0.2) is 0 Å². The first kappa shape index (κ1) is 9.74. The van der Waals surface area contributed by atoms with Gasteiger partial charge in [0.05, 0.1) is 0 Å². The highest BCUT2D eigenvalue weighted by Crippen LogP contribution is 2.04. The maximum absolute atomic E-state index is 5.19. The van der Waals surface area contributed by atoms with Crippen LogP contribution in [0.15, 0.2) is 12.2 Å². The van der Waals surface area contributed by atoms with E-state index in [2.05, 4.69) is 6.92 Å². The highest BCUT2D eigenvalue weighted by atomic mass is 13.9. The van der Waals surface area contributed by atoms with Crippen LogP contribution >= 0.6 is 0 Å². The quantitative estimate of drug-likeness (QED) is 0.492. The summed E-state index contributed by atoms with van der Waals surface area (Å²) in [5, 5.41) is 0. The van der Waals surface area contributed by atoms with Crippen molar-refractivity contribution in [2.75, 3.05) is 0 Å². The topological polar surface area (TPSA) is 0 Å². The Morgan fingerprint density at radius 3 is 2.40 bits per heavy atom. The fourth-order valence-corrected chi connectivity index (χ4v) is 0.962. The van der Waals surface area contributed by atoms with Gasteiger partial charge in [0.2, 0.25) is 0 Å². The molecule has 10 heavy (non-hydrogen) atoms. The standard InChI is InChI=1S/C10H18/c1-3-5-7-9-10-8-6-4-2/h1,3,5H,4,6-10H2,2H3. The predicted molar refractivity (Wildman–Crippen MR) is 46.8 cm³/mol. The lowest BCUT2D eigenvalue weighted by atomic mass is 10.1. The smallest absolute Gasteiger partial charge is 0.00958 e. The van der Waals surface area contributed by atoms with Crippen LogP contribution in [0.3, 0.4) is 0 Å². The molecule has 0 aliphatic rings. The van der Waals surface area contributed by atoms with E-state index in [9.17, 15) is 0 Å². The Morgan fingerprint density at radius 2 is 1.80 bits per heavy atom. The molecule has 0 aromatic heterocycles. The van der Waals surface area contributed by atoms with E-state index in [1.54, 1.807) is 6.08 Å². The van der Waals surface area contributed by atoms with E-state index in [0.717, 1.165) is 6.42 Å². The van der Waals surface area contributed by atoms with Crippen molar-refractivity contribution in [1.29, 1.82) is 0 Å². The van der Waals surface area contributed by atoms with Crippen molar-refractivity contribution < 1.29 is 0 Å². The van der Waals surface area contributed by atoms with Crippen LogP contribution in [0, 0.1) is 6.92 Å². The second kappa shape index (κ2) is 8.74. The minimum atomic E-state index is 1.15. The number of allylic oxidation sites excluding steroid dienone is 2. The van der Waals surface area contributed by atoms with Crippen LogP contribution in [-0.2, 0) is 0 Å². The molecule has 0 unspecified atom stereocenters. The largest absolute Gasteiger partial charge is 0.0882 e. The molecule has 0 heteroatoms. The molecule has 0 N–H and O–H groups in total. The van der Waals surface area contributed by atoms with Crippen molar-refractivity contribution in [1.82, 2.24) is 0 Å². The fraction of sp³-hybridized carbons (Fsp3) is 0.700. The predicted octanol–water partition coefficient (Wildman–Crippen LogP) is 3.61. The van der Waals surface area contributed by atoms with Crippen LogP contribution in [-0.4, -0.2) is 0 Å². The van der Waals surface area contributed by atoms with Crippen molar-refractivity contribution in [2.24, 2.45) is 0 Å². The Morgan fingerprint density at radius 1 is 1.10 bits per heavy atom. The first-order valence-corrected chi connectivity index (χ1v) is 4.28. The van der Waals surface area contributed by atoms with Crippen molar-refractivity contribution >= 4 is 0 Å². The maximum Gasteiger partial charge on any atom is -0.00958 e. The van der Waals surface area contributed by atoms with E-state index in [4.69, 9.17) is 6.92 Å². The van der Waals surface area contributed by atoms with Crippen LogP contribution in [0.4, 0.5) is 0 Å². The van der Waals surface area contributed by atoms with Gasteiger partial charge in [0, 0.05) is 0 Å². The molecule has 0 saturated carbocycles. The van der Waals surface area contributed by atoms with Gasteiger partial charge in [-0.15, -0.1) is 0 Å². The first-order valence-electron chi connectivity index (χ1n) is 4.28. The number of hydrogen-bond acceptors (Lipinski definition) is 0. The normalized spacial score (nSPS) is 11.0. The van der Waals surface area contributed by atoms with Gasteiger partial charge in [-0.1, -0.05) is 44.8 Å². The third-order valence-corrected chi connectivity index (χ3v) is 1.61. The van der Waals surface area contributed by atoms with Gasteiger partial charge in [-0.3, -0.25) is 0 Å². The van der Waals surface area contributed by atoms with E-state index in [1.807, 2.05) is 6.08 Å². The third kappa shape index (κ3) is 7.74. The zero-order valence-electron chi connectivity index (χ0n) is 6.97. The summed E-state index contributed by atoms with van der Waals surface area (Å²) < 4.78 is 0. The molecule has 0 aromatic rings. The molecule has 0 aromatic carbocycles. The Labute approximate surface area is 65.3 Å². The summed E-state index contributed by atoms with van der Waals surface area (Å²) in [7, 11) is 0. The van der Waals surface area contributed by atoms with Gasteiger partial charge >= 0.3 is 0 Å². The van der Waals surface area contributed by atoms with Gasteiger partial charge in [-0.05, 0) is 19.8 Å². The molecule has 0 aliphatic carbocycles. The van der Waals surface area contributed by atoms with Gasteiger partial charge in [0.25, 0.3) is 0 Å². The van der Waals surface area contributed by atoms with Gasteiger partial charge in [0.1, 0.15) is 0 Å². The van der Waals surface area contributed by atoms with Crippen LogP contribution in [0.5, 0.6) is 0 Å². The maximum atomic E-state index is 5.19. The Balaban J connectivity index is 2.77. The van der Waals surface area contributed by atoms with Gasteiger partial charge in [0.15, 0.2) is 0 Å². The van der Waals surface area contributed by atoms with Gasteiger partial charge in [-0.2, -0.15) is 0 Å². The van der Waals surface area contributed by atoms with Crippen molar-refractivity contribution in [3.8, 4) is 0 Å². The zero-order chi connectivity index (χ0) is 7.66. The van der Waals surface area contributed by atoms with E-state index < -0.39 is 0 Å². The number of hydrogen-bond donors (Lipinski definition) is 0. The van der Waals surface area contributed by atoms with Crippen molar-refractivity contribution in [3.05, 3.63) is 19.1 Å². The summed E-state index contributed by atoms with van der Waals surface area (Å²) in [6, 6.07) is 0. The lowest BCUT2D eigenvalue weighted by molar-refractivity contribution is 0.637. The summed E-state index contributed by atoms with van der Waals surface area (Å²) in [5.74, 6) is 0. The molecule has 0 nitrogen and oxygen atoms in total. The Kier molecular flexibility index (Phi) is 8.51. The van der Waals surface area contributed by atoms with Crippen molar-refractivity contribution in [3.63, 3.8) is 0 Å². The molecule has 0 spiro atoms. The second-order valence-electron chi connectivity index (χ2n) is 2.63. The van der Waals surface area contributed by atoms with E-state index in [1.165, 1.54) is 32.1 Å². The molecule has 0 rings (SSSR count). The summed E-state index contributed by atoms with van der Waals surface area (Å²) >= 11 is 0. The second-order valence-corrected chi connectivity index (χ2v) is 2.63. The Hall–Kier alpha value is -0.260.